The fourth-order valence-electron chi connectivity index (χ4n) is 3.36. The van der Waals surface area contributed by atoms with Gasteiger partial charge in [-0.1, -0.05) is 70.9 Å². The van der Waals surface area contributed by atoms with Gasteiger partial charge in [0.15, 0.2) is 0 Å². The van der Waals surface area contributed by atoms with Gasteiger partial charge in [0, 0.05) is 0 Å². The molecule has 3 atom stereocenters. The molecule has 0 fully saturated rings. The minimum absolute atomic E-state index is 0.188. The second-order valence-corrected chi connectivity index (χ2v) is 7.86. The molecule has 2 nitrogen and oxygen atoms in total. The van der Waals surface area contributed by atoms with E-state index < -0.39 is 0 Å². The molecule has 0 aliphatic carbocycles. The third-order valence-corrected chi connectivity index (χ3v) is 5.05. The Labute approximate surface area is 146 Å². The molecule has 2 heteroatoms. The van der Waals surface area contributed by atoms with Crippen molar-refractivity contribution in [1.82, 2.24) is 5.32 Å². The summed E-state index contributed by atoms with van der Waals surface area (Å²) in [5.41, 5.74) is 1.33. The highest BCUT2D eigenvalue weighted by Gasteiger charge is 2.07. The Kier molecular flexibility index (Phi) is 15.0. The molecule has 0 saturated carbocycles. The molecule has 0 aromatic carbocycles. The van der Waals surface area contributed by atoms with E-state index in [0.29, 0.717) is 0 Å². The summed E-state index contributed by atoms with van der Waals surface area (Å²) in [6.07, 6.45) is 14.0. The van der Waals surface area contributed by atoms with Crippen LogP contribution in [0.2, 0.25) is 0 Å². The summed E-state index contributed by atoms with van der Waals surface area (Å²) in [5, 5.41) is 12.1. The number of hydrogen-bond donors (Lipinski definition) is 2. The first-order valence-electron chi connectivity index (χ1n) is 9.90. The molecule has 0 aliphatic rings. The van der Waals surface area contributed by atoms with Crippen LogP contribution in [0.15, 0.2) is 11.6 Å². The van der Waals surface area contributed by atoms with E-state index in [1.807, 2.05) is 13.1 Å². The van der Waals surface area contributed by atoms with E-state index in [4.69, 9.17) is 5.11 Å². The molecule has 0 rings (SSSR count). The third-order valence-electron chi connectivity index (χ3n) is 5.05. The predicted molar refractivity (Wildman–Crippen MR) is 104 cm³/mol. The summed E-state index contributed by atoms with van der Waals surface area (Å²) < 4.78 is 0. The molecule has 0 aliphatic heterocycles. The van der Waals surface area contributed by atoms with Gasteiger partial charge in [-0.2, -0.15) is 0 Å². The first-order valence-corrected chi connectivity index (χ1v) is 9.90. The lowest BCUT2D eigenvalue weighted by Gasteiger charge is -2.16. The van der Waals surface area contributed by atoms with Gasteiger partial charge in [-0.25, -0.2) is 0 Å². The Morgan fingerprint density at radius 1 is 0.870 bits per heavy atom. The normalized spacial score (nSPS) is 16.3. The lowest BCUT2D eigenvalue weighted by Crippen LogP contribution is -2.16. The molecule has 2 N–H and O–H groups in total. The van der Waals surface area contributed by atoms with Crippen molar-refractivity contribution in [3.8, 4) is 0 Å². The molecule has 0 heterocycles. The summed E-state index contributed by atoms with van der Waals surface area (Å²) in [4.78, 5) is 0. The van der Waals surface area contributed by atoms with Crippen molar-refractivity contribution < 1.29 is 5.11 Å². The van der Waals surface area contributed by atoms with Crippen LogP contribution in [0.25, 0.3) is 0 Å². The molecule has 0 radical (unpaired) electrons. The smallest absolute Gasteiger partial charge is 0.0614 e. The number of aliphatic hydroxyl groups is 1. The number of rotatable bonds is 15. The Balaban J connectivity index is 3.55. The highest BCUT2D eigenvalue weighted by molar-refractivity contribution is 4.97. The van der Waals surface area contributed by atoms with Crippen LogP contribution < -0.4 is 5.32 Å². The van der Waals surface area contributed by atoms with E-state index >= 15 is 0 Å². The van der Waals surface area contributed by atoms with Gasteiger partial charge in [-0.3, -0.25) is 0 Å². The van der Waals surface area contributed by atoms with Crippen LogP contribution in [0, 0.1) is 17.8 Å². The fraction of sp³-hybridized carbons (Fsp3) is 0.905. The monoisotopic (exact) mass is 325 g/mol. The largest absolute Gasteiger partial charge is 0.392 e. The van der Waals surface area contributed by atoms with Gasteiger partial charge in [-0.05, 0) is 57.5 Å². The van der Waals surface area contributed by atoms with E-state index in [0.717, 1.165) is 30.7 Å². The topological polar surface area (TPSA) is 32.3 Å². The first kappa shape index (κ1) is 22.7. The van der Waals surface area contributed by atoms with Crippen LogP contribution in [0.5, 0.6) is 0 Å². The SMILES string of the molecule is CNCC(C)CCC[C@@H](C)CCC[C@@H](C)CCC/C(C)=C/CO. The second-order valence-electron chi connectivity index (χ2n) is 7.86. The Bertz CT molecular complexity index is 288. The number of nitrogens with one attached hydrogen (secondary N) is 1. The zero-order valence-electron chi connectivity index (χ0n) is 16.5. The summed E-state index contributed by atoms with van der Waals surface area (Å²) in [6.45, 7) is 10.6. The van der Waals surface area contributed by atoms with Gasteiger partial charge < -0.3 is 10.4 Å². The fourth-order valence-corrected chi connectivity index (χ4v) is 3.36. The van der Waals surface area contributed by atoms with E-state index in [-0.39, 0.29) is 6.61 Å². The van der Waals surface area contributed by atoms with Crippen LogP contribution in [0.3, 0.4) is 0 Å². The van der Waals surface area contributed by atoms with Gasteiger partial charge in [0.25, 0.3) is 0 Å². The molecule has 0 aromatic heterocycles. The third kappa shape index (κ3) is 15.0. The number of allylic oxidation sites excluding steroid dienone is 1. The van der Waals surface area contributed by atoms with E-state index in [1.54, 1.807) is 0 Å². The first-order chi connectivity index (χ1) is 11.0. The molecule has 0 bridgehead atoms. The minimum atomic E-state index is 0.188. The highest BCUT2D eigenvalue weighted by Crippen LogP contribution is 2.21. The van der Waals surface area contributed by atoms with Crippen molar-refractivity contribution >= 4 is 0 Å². The van der Waals surface area contributed by atoms with Crippen LogP contribution >= 0.6 is 0 Å². The molecular formula is C21H43NO. The van der Waals surface area contributed by atoms with Crippen LogP contribution in [-0.2, 0) is 0 Å². The zero-order valence-corrected chi connectivity index (χ0v) is 16.5. The van der Waals surface area contributed by atoms with Crippen molar-refractivity contribution in [3.63, 3.8) is 0 Å². The maximum atomic E-state index is 8.85. The van der Waals surface area contributed by atoms with E-state index in [9.17, 15) is 0 Å². The van der Waals surface area contributed by atoms with Crippen LogP contribution in [0.4, 0.5) is 0 Å². The minimum Gasteiger partial charge on any atom is -0.392 e. The Hall–Kier alpha value is -0.340. The Morgan fingerprint density at radius 2 is 1.35 bits per heavy atom. The maximum Gasteiger partial charge on any atom is 0.0614 e. The standard InChI is InChI=1S/C21H43NO/c1-18(11-7-13-20(3)15-16-23)9-6-10-19(2)12-8-14-21(4)17-22-5/h15,18-19,21-23H,6-14,16-17H2,1-5H3/b20-15+/t18-,19+,21?/m1/s1. The van der Waals surface area contributed by atoms with Crippen LogP contribution in [0.1, 0.15) is 85.5 Å². The van der Waals surface area contributed by atoms with Crippen molar-refractivity contribution in [2.45, 2.75) is 85.5 Å². The van der Waals surface area contributed by atoms with Gasteiger partial charge >= 0.3 is 0 Å². The van der Waals surface area contributed by atoms with Crippen molar-refractivity contribution in [2.75, 3.05) is 20.2 Å². The lowest BCUT2D eigenvalue weighted by atomic mass is 9.91. The molecule has 0 aromatic rings. The summed E-state index contributed by atoms with van der Waals surface area (Å²) >= 11 is 0. The van der Waals surface area contributed by atoms with Gasteiger partial charge in [0.2, 0.25) is 0 Å². The van der Waals surface area contributed by atoms with Gasteiger partial charge in [-0.15, -0.1) is 0 Å². The summed E-state index contributed by atoms with van der Waals surface area (Å²) in [6, 6.07) is 0. The molecule has 138 valence electrons. The predicted octanol–water partition coefficient (Wildman–Crippen LogP) is 5.56. The van der Waals surface area contributed by atoms with Gasteiger partial charge in [0.1, 0.15) is 0 Å². The maximum absolute atomic E-state index is 8.85. The number of aliphatic hydroxyl groups excluding tert-OH is 1. The molecule has 1 unspecified atom stereocenters. The van der Waals surface area contributed by atoms with E-state index in [1.165, 1.54) is 56.9 Å². The van der Waals surface area contributed by atoms with Crippen molar-refractivity contribution in [3.05, 3.63) is 11.6 Å². The van der Waals surface area contributed by atoms with Gasteiger partial charge in [0.05, 0.1) is 6.61 Å². The molecule has 0 saturated heterocycles. The summed E-state index contributed by atoms with van der Waals surface area (Å²) in [7, 11) is 2.05. The van der Waals surface area contributed by atoms with Crippen molar-refractivity contribution in [2.24, 2.45) is 17.8 Å². The molecule has 0 spiro atoms. The lowest BCUT2D eigenvalue weighted by molar-refractivity contribution is 0.341. The van der Waals surface area contributed by atoms with Crippen LogP contribution in [-0.4, -0.2) is 25.3 Å². The molecular weight excluding hydrogens is 282 g/mol. The average Bonchev–Trinajstić information content (AvgIpc) is 2.47. The molecule has 0 amide bonds. The number of hydrogen-bond acceptors (Lipinski definition) is 2. The average molecular weight is 326 g/mol. The molecule has 23 heavy (non-hydrogen) atoms. The quantitative estimate of drug-likeness (QED) is 0.386. The zero-order chi connectivity index (χ0) is 17.5. The van der Waals surface area contributed by atoms with Crippen molar-refractivity contribution in [1.29, 1.82) is 0 Å². The second kappa shape index (κ2) is 15.2. The van der Waals surface area contributed by atoms with E-state index in [2.05, 4.69) is 33.0 Å². The Morgan fingerprint density at radius 3 is 1.83 bits per heavy atom. The highest BCUT2D eigenvalue weighted by atomic mass is 16.2. The summed E-state index contributed by atoms with van der Waals surface area (Å²) in [5.74, 6) is 2.55.